The van der Waals surface area contributed by atoms with Gasteiger partial charge in [-0.2, -0.15) is 0 Å². The molecule has 4 heteroatoms. The molecule has 2 rings (SSSR count). The number of nitrogens with one attached hydrogen (secondary N) is 1. The average molecular weight is 339 g/mol. The van der Waals surface area contributed by atoms with Crippen molar-refractivity contribution in [2.75, 3.05) is 52.9 Å². The Kier molecular flexibility index (Phi) is 6.02. The molecule has 2 heterocycles. The summed E-state index contributed by atoms with van der Waals surface area (Å²) >= 11 is 0. The van der Waals surface area contributed by atoms with Gasteiger partial charge in [-0.05, 0) is 24.7 Å². The van der Waals surface area contributed by atoms with Gasteiger partial charge >= 0.3 is 0 Å². The third kappa shape index (κ3) is 5.45. The highest BCUT2D eigenvalue weighted by Crippen LogP contribution is 2.35. The van der Waals surface area contributed by atoms with E-state index in [0.29, 0.717) is 5.91 Å². The average Bonchev–Trinajstić information content (AvgIpc) is 2.45. The van der Waals surface area contributed by atoms with E-state index in [1.54, 1.807) is 0 Å². The minimum atomic E-state index is -0.248. The lowest BCUT2D eigenvalue weighted by molar-refractivity contribution is -0.914. The minimum Gasteiger partial charge on any atom is -0.342 e. The smallest absolute Gasteiger partial charge is 0.228 e. The third-order valence-corrected chi connectivity index (χ3v) is 5.81. The van der Waals surface area contributed by atoms with E-state index in [9.17, 15) is 4.79 Å². The van der Waals surface area contributed by atoms with Gasteiger partial charge in [-0.3, -0.25) is 4.79 Å². The summed E-state index contributed by atoms with van der Waals surface area (Å²) in [7, 11) is 2.41. The molecular weight excluding hydrogens is 298 g/mol. The maximum absolute atomic E-state index is 13.0. The van der Waals surface area contributed by atoms with Gasteiger partial charge in [-0.25, -0.2) is 0 Å². The molecule has 0 saturated carbocycles. The first-order chi connectivity index (χ1) is 11.0. The van der Waals surface area contributed by atoms with Crippen LogP contribution in [0.15, 0.2) is 0 Å². The number of amides is 1. The second-order valence-corrected chi connectivity index (χ2v) is 10.4. The lowest BCUT2D eigenvalue weighted by atomic mass is 9.75. The highest BCUT2D eigenvalue weighted by atomic mass is 16.2. The fourth-order valence-electron chi connectivity index (χ4n) is 4.89. The summed E-state index contributed by atoms with van der Waals surface area (Å²) in [6.45, 7) is 18.9. The second-order valence-electron chi connectivity index (χ2n) is 10.4. The first-order valence-electron chi connectivity index (χ1n) is 9.85. The van der Waals surface area contributed by atoms with E-state index in [2.05, 4.69) is 51.9 Å². The quantitative estimate of drug-likeness (QED) is 0.800. The van der Waals surface area contributed by atoms with Crippen molar-refractivity contribution in [2.45, 2.75) is 53.9 Å². The summed E-state index contributed by atoms with van der Waals surface area (Å²) in [5.41, 5.74) is -0.0548. The SMILES string of the molecule is CC(C)(C)CC(C)(C)C(=O)N1CCC(C[N+]2(C)CCNCC2)CC1. The topological polar surface area (TPSA) is 32.3 Å². The molecule has 0 radical (unpaired) electrons. The van der Waals surface area contributed by atoms with Crippen LogP contribution >= 0.6 is 0 Å². The number of quaternary nitrogens is 1. The lowest BCUT2D eigenvalue weighted by Gasteiger charge is -2.43. The van der Waals surface area contributed by atoms with Crippen LogP contribution in [0, 0.1) is 16.7 Å². The van der Waals surface area contributed by atoms with Gasteiger partial charge in [-0.15, -0.1) is 0 Å². The van der Waals surface area contributed by atoms with E-state index in [1.807, 2.05) is 0 Å². The molecule has 2 saturated heterocycles. The molecule has 2 aliphatic rings. The number of carbonyl (C=O) groups is 1. The number of nitrogens with zero attached hydrogens (tertiary/aromatic N) is 2. The number of piperidine rings is 1. The normalized spacial score (nSPS) is 23.3. The van der Waals surface area contributed by atoms with Gasteiger partial charge in [0.1, 0.15) is 0 Å². The number of hydrogen-bond acceptors (Lipinski definition) is 2. The highest BCUT2D eigenvalue weighted by molar-refractivity contribution is 5.82. The van der Waals surface area contributed by atoms with Gasteiger partial charge in [0.2, 0.25) is 5.91 Å². The van der Waals surface area contributed by atoms with Crippen LogP contribution in [0.4, 0.5) is 0 Å². The summed E-state index contributed by atoms with van der Waals surface area (Å²) in [5.74, 6) is 1.14. The Bertz CT molecular complexity index is 425. The monoisotopic (exact) mass is 338 g/mol. The van der Waals surface area contributed by atoms with E-state index in [4.69, 9.17) is 0 Å². The number of hydrogen-bond donors (Lipinski definition) is 1. The molecule has 0 aromatic rings. The molecule has 0 aromatic carbocycles. The Morgan fingerprint density at radius 3 is 2.12 bits per heavy atom. The van der Waals surface area contributed by atoms with Crippen molar-refractivity contribution in [1.82, 2.24) is 10.2 Å². The summed E-state index contributed by atoms with van der Waals surface area (Å²) in [6, 6.07) is 0. The molecule has 4 nitrogen and oxygen atoms in total. The third-order valence-electron chi connectivity index (χ3n) is 5.81. The van der Waals surface area contributed by atoms with Crippen molar-refractivity contribution in [3.8, 4) is 0 Å². The summed E-state index contributed by atoms with van der Waals surface area (Å²) in [4.78, 5) is 15.1. The Morgan fingerprint density at radius 2 is 1.62 bits per heavy atom. The maximum atomic E-state index is 13.0. The van der Waals surface area contributed by atoms with Crippen molar-refractivity contribution >= 4 is 5.91 Å². The van der Waals surface area contributed by atoms with Crippen LogP contribution in [0.5, 0.6) is 0 Å². The molecule has 2 fully saturated rings. The highest BCUT2D eigenvalue weighted by Gasteiger charge is 2.38. The number of rotatable bonds is 4. The van der Waals surface area contributed by atoms with Crippen LogP contribution in [0.2, 0.25) is 0 Å². The van der Waals surface area contributed by atoms with Crippen molar-refractivity contribution in [1.29, 1.82) is 0 Å². The summed E-state index contributed by atoms with van der Waals surface area (Å²) in [5, 5.41) is 3.47. The zero-order chi connectivity index (χ0) is 18.0. The Morgan fingerprint density at radius 1 is 1.08 bits per heavy atom. The van der Waals surface area contributed by atoms with Gasteiger partial charge < -0.3 is 14.7 Å². The molecule has 0 spiro atoms. The Hall–Kier alpha value is -0.610. The molecule has 2 aliphatic heterocycles. The molecule has 0 atom stereocenters. The molecule has 0 aliphatic carbocycles. The minimum absolute atomic E-state index is 0.193. The van der Waals surface area contributed by atoms with Crippen LogP contribution in [0.25, 0.3) is 0 Å². The zero-order valence-corrected chi connectivity index (χ0v) is 17.0. The maximum Gasteiger partial charge on any atom is 0.228 e. The van der Waals surface area contributed by atoms with Gasteiger partial charge in [-0.1, -0.05) is 34.6 Å². The van der Waals surface area contributed by atoms with Crippen molar-refractivity contribution in [3.63, 3.8) is 0 Å². The first-order valence-corrected chi connectivity index (χ1v) is 9.85. The van der Waals surface area contributed by atoms with Crippen molar-refractivity contribution in [2.24, 2.45) is 16.7 Å². The van der Waals surface area contributed by atoms with E-state index >= 15 is 0 Å². The van der Waals surface area contributed by atoms with Gasteiger partial charge in [0.25, 0.3) is 0 Å². The molecular formula is C20H40N3O+. The van der Waals surface area contributed by atoms with Crippen molar-refractivity contribution in [3.05, 3.63) is 0 Å². The van der Waals surface area contributed by atoms with Crippen LogP contribution in [-0.2, 0) is 4.79 Å². The molecule has 140 valence electrons. The predicted octanol–water partition coefficient (Wildman–Crippen LogP) is 2.74. The van der Waals surface area contributed by atoms with Gasteiger partial charge in [0.15, 0.2) is 0 Å². The zero-order valence-electron chi connectivity index (χ0n) is 17.0. The first kappa shape index (κ1) is 19.7. The van der Waals surface area contributed by atoms with Gasteiger partial charge in [0.05, 0.1) is 26.7 Å². The van der Waals surface area contributed by atoms with Crippen LogP contribution in [0.3, 0.4) is 0 Å². The summed E-state index contributed by atoms with van der Waals surface area (Å²) < 4.78 is 1.21. The fourth-order valence-corrected chi connectivity index (χ4v) is 4.89. The molecule has 0 aromatic heterocycles. The van der Waals surface area contributed by atoms with E-state index < -0.39 is 0 Å². The molecule has 24 heavy (non-hydrogen) atoms. The molecule has 1 N–H and O–H groups in total. The Labute approximate surface area is 149 Å². The molecule has 0 bridgehead atoms. The lowest BCUT2D eigenvalue weighted by Crippen LogP contribution is -2.58. The largest absolute Gasteiger partial charge is 0.342 e. The number of piperazine rings is 1. The number of likely N-dealkylation sites (N-methyl/N-ethyl adjacent to an activating group) is 1. The van der Waals surface area contributed by atoms with E-state index in [0.717, 1.165) is 38.5 Å². The van der Waals surface area contributed by atoms with E-state index in [1.165, 1.54) is 37.0 Å². The summed E-state index contributed by atoms with van der Waals surface area (Å²) in [6.07, 6.45) is 3.30. The Balaban J connectivity index is 1.84. The van der Waals surface area contributed by atoms with Crippen molar-refractivity contribution < 1.29 is 9.28 Å². The predicted molar refractivity (Wildman–Crippen MR) is 101 cm³/mol. The van der Waals surface area contributed by atoms with Crippen LogP contribution < -0.4 is 5.32 Å². The van der Waals surface area contributed by atoms with E-state index in [-0.39, 0.29) is 10.8 Å². The molecule has 0 unspecified atom stereocenters. The standard InChI is InChI=1S/C20H40N3O/c1-19(2,3)16-20(4,5)18(24)22-11-7-17(8-12-22)15-23(6)13-9-21-10-14-23/h17,21H,7-16H2,1-6H3/q+1. The number of likely N-dealkylation sites (tertiary alicyclic amines) is 1. The van der Waals surface area contributed by atoms with Crippen LogP contribution in [0.1, 0.15) is 53.9 Å². The second kappa shape index (κ2) is 7.33. The van der Waals surface area contributed by atoms with Gasteiger partial charge in [0, 0.05) is 37.5 Å². The van der Waals surface area contributed by atoms with Crippen LogP contribution in [-0.4, -0.2) is 68.2 Å². The number of carbonyl (C=O) groups excluding carboxylic acids is 1. The molecule has 1 amide bonds. The fraction of sp³-hybridized carbons (Fsp3) is 0.950.